The molecule has 14 heavy (non-hydrogen) atoms. The average molecular weight is 197 g/mol. The first kappa shape index (κ1) is 10.7. The van der Waals surface area contributed by atoms with Gasteiger partial charge >= 0.3 is 0 Å². The Morgan fingerprint density at radius 3 is 3.14 bits per heavy atom. The Morgan fingerprint density at radius 2 is 2.50 bits per heavy atom. The summed E-state index contributed by atoms with van der Waals surface area (Å²) in [4.78, 5) is 17.3. The van der Waals surface area contributed by atoms with E-state index in [0.717, 1.165) is 6.54 Å². The van der Waals surface area contributed by atoms with Gasteiger partial charge in [0.1, 0.15) is 5.82 Å². The predicted molar refractivity (Wildman–Crippen MR) is 54.4 cm³/mol. The van der Waals surface area contributed by atoms with Crippen molar-refractivity contribution in [3.63, 3.8) is 0 Å². The molecule has 0 saturated carbocycles. The molecule has 0 bridgehead atoms. The number of aromatic nitrogens is 2. The molecule has 5 nitrogen and oxygen atoms in total. The standard InChI is InChI=1S/C9H15N3O2/c1-7(5-14-2)4-10-8-3-9(13)12-6-11-8/h3,6-7H,4-5H2,1-2H3,(H2,10,11,12,13). The number of aromatic amines is 1. The van der Waals surface area contributed by atoms with Crippen LogP contribution in [0.3, 0.4) is 0 Å². The Morgan fingerprint density at radius 1 is 1.71 bits per heavy atom. The van der Waals surface area contributed by atoms with E-state index in [2.05, 4.69) is 22.2 Å². The van der Waals surface area contributed by atoms with Gasteiger partial charge in [-0.15, -0.1) is 0 Å². The maximum Gasteiger partial charge on any atom is 0.252 e. The molecule has 0 spiro atoms. The first-order valence-electron chi connectivity index (χ1n) is 4.50. The number of ether oxygens (including phenoxy) is 1. The van der Waals surface area contributed by atoms with Gasteiger partial charge < -0.3 is 15.0 Å². The van der Waals surface area contributed by atoms with E-state index in [0.29, 0.717) is 18.3 Å². The summed E-state index contributed by atoms with van der Waals surface area (Å²) in [6.07, 6.45) is 1.38. The third kappa shape index (κ3) is 3.57. The number of anilines is 1. The highest BCUT2D eigenvalue weighted by Gasteiger charge is 2.01. The maximum atomic E-state index is 10.9. The van der Waals surface area contributed by atoms with E-state index in [1.54, 1.807) is 7.11 Å². The summed E-state index contributed by atoms with van der Waals surface area (Å²) in [7, 11) is 1.67. The van der Waals surface area contributed by atoms with E-state index in [4.69, 9.17) is 4.74 Å². The minimum atomic E-state index is -0.151. The molecule has 1 heterocycles. The van der Waals surface area contributed by atoms with Gasteiger partial charge in [-0.1, -0.05) is 6.92 Å². The molecule has 0 amide bonds. The molecule has 78 valence electrons. The van der Waals surface area contributed by atoms with Crippen LogP contribution in [0.25, 0.3) is 0 Å². The van der Waals surface area contributed by atoms with Gasteiger partial charge in [-0.25, -0.2) is 4.98 Å². The smallest absolute Gasteiger partial charge is 0.252 e. The second-order valence-electron chi connectivity index (χ2n) is 3.24. The van der Waals surface area contributed by atoms with Gasteiger partial charge in [-0.3, -0.25) is 4.79 Å². The lowest BCUT2D eigenvalue weighted by atomic mass is 10.2. The van der Waals surface area contributed by atoms with Crippen LogP contribution in [0, 0.1) is 5.92 Å². The lowest BCUT2D eigenvalue weighted by molar-refractivity contribution is 0.164. The fourth-order valence-corrected chi connectivity index (χ4v) is 1.09. The second kappa shape index (κ2) is 5.39. The van der Waals surface area contributed by atoms with Gasteiger partial charge in [-0.2, -0.15) is 0 Å². The molecule has 0 aliphatic heterocycles. The molecule has 1 rings (SSSR count). The topological polar surface area (TPSA) is 67.0 Å². The molecule has 0 aliphatic rings. The zero-order chi connectivity index (χ0) is 10.4. The number of rotatable bonds is 5. The van der Waals surface area contributed by atoms with Crippen molar-refractivity contribution in [3.8, 4) is 0 Å². The Kier molecular flexibility index (Phi) is 4.12. The number of H-pyrrole nitrogens is 1. The second-order valence-corrected chi connectivity index (χ2v) is 3.24. The lowest BCUT2D eigenvalue weighted by Crippen LogP contribution is -2.17. The molecule has 0 saturated heterocycles. The minimum Gasteiger partial charge on any atom is -0.384 e. The normalized spacial score (nSPS) is 12.4. The zero-order valence-electron chi connectivity index (χ0n) is 8.41. The molecule has 0 fully saturated rings. The van der Waals surface area contributed by atoms with Crippen LogP contribution in [0.5, 0.6) is 0 Å². The van der Waals surface area contributed by atoms with Crippen LogP contribution in [0.4, 0.5) is 5.82 Å². The summed E-state index contributed by atoms with van der Waals surface area (Å²) in [5.74, 6) is 0.984. The van der Waals surface area contributed by atoms with E-state index in [1.165, 1.54) is 12.4 Å². The van der Waals surface area contributed by atoms with Crippen molar-refractivity contribution in [1.29, 1.82) is 0 Å². The van der Waals surface area contributed by atoms with Crippen LogP contribution in [0.1, 0.15) is 6.92 Å². The fraction of sp³-hybridized carbons (Fsp3) is 0.556. The Labute approximate surface area is 82.5 Å². The summed E-state index contributed by atoms with van der Waals surface area (Å²) >= 11 is 0. The van der Waals surface area contributed by atoms with E-state index in [9.17, 15) is 4.79 Å². The number of hydrogen-bond acceptors (Lipinski definition) is 4. The third-order valence-corrected chi connectivity index (χ3v) is 1.76. The summed E-state index contributed by atoms with van der Waals surface area (Å²) in [5, 5.41) is 3.06. The number of methoxy groups -OCH3 is 1. The van der Waals surface area contributed by atoms with Crippen molar-refractivity contribution >= 4 is 5.82 Å². The van der Waals surface area contributed by atoms with Gasteiger partial charge in [-0.05, 0) is 5.92 Å². The van der Waals surface area contributed by atoms with Crippen molar-refractivity contribution in [2.24, 2.45) is 5.92 Å². The van der Waals surface area contributed by atoms with Crippen molar-refractivity contribution < 1.29 is 4.74 Å². The molecule has 0 radical (unpaired) electrons. The van der Waals surface area contributed by atoms with Crippen LogP contribution in [-0.2, 0) is 4.74 Å². The largest absolute Gasteiger partial charge is 0.384 e. The third-order valence-electron chi connectivity index (χ3n) is 1.76. The Bertz CT molecular complexity index is 324. The summed E-state index contributed by atoms with van der Waals surface area (Å²) < 4.78 is 4.99. The summed E-state index contributed by atoms with van der Waals surface area (Å²) in [6.45, 7) is 3.49. The van der Waals surface area contributed by atoms with Crippen LogP contribution in [0.15, 0.2) is 17.2 Å². The van der Waals surface area contributed by atoms with Crippen molar-refractivity contribution in [1.82, 2.24) is 9.97 Å². The number of nitrogens with one attached hydrogen (secondary N) is 2. The van der Waals surface area contributed by atoms with Gasteiger partial charge in [0.05, 0.1) is 12.9 Å². The van der Waals surface area contributed by atoms with E-state index >= 15 is 0 Å². The van der Waals surface area contributed by atoms with Crippen LogP contribution in [-0.4, -0.2) is 30.2 Å². The molecule has 1 aromatic heterocycles. The summed E-state index contributed by atoms with van der Waals surface area (Å²) in [5.41, 5.74) is -0.151. The first-order chi connectivity index (χ1) is 6.72. The van der Waals surface area contributed by atoms with Gasteiger partial charge in [0.25, 0.3) is 5.56 Å². The minimum absolute atomic E-state index is 0.151. The lowest BCUT2D eigenvalue weighted by Gasteiger charge is -2.11. The molecule has 0 aromatic carbocycles. The highest BCUT2D eigenvalue weighted by molar-refractivity contribution is 5.31. The molecular weight excluding hydrogens is 182 g/mol. The van der Waals surface area contributed by atoms with Crippen molar-refractivity contribution in [3.05, 3.63) is 22.7 Å². The van der Waals surface area contributed by atoms with Crippen LogP contribution in [0.2, 0.25) is 0 Å². The van der Waals surface area contributed by atoms with Crippen LogP contribution < -0.4 is 10.9 Å². The fourth-order valence-electron chi connectivity index (χ4n) is 1.09. The molecule has 1 atom stereocenters. The number of nitrogens with zero attached hydrogens (tertiary/aromatic N) is 1. The van der Waals surface area contributed by atoms with E-state index in [-0.39, 0.29) is 5.56 Å². The maximum absolute atomic E-state index is 10.9. The predicted octanol–water partition coefficient (Wildman–Crippen LogP) is 0.464. The van der Waals surface area contributed by atoms with E-state index in [1.807, 2.05) is 0 Å². The Balaban J connectivity index is 2.41. The number of hydrogen-bond donors (Lipinski definition) is 2. The van der Waals surface area contributed by atoms with E-state index < -0.39 is 0 Å². The van der Waals surface area contributed by atoms with Crippen LogP contribution >= 0.6 is 0 Å². The highest BCUT2D eigenvalue weighted by atomic mass is 16.5. The molecule has 1 unspecified atom stereocenters. The van der Waals surface area contributed by atoms with Gasteiger partial charge in [0, 0.05) is 19.7 Å². The SMILES string of the molecule is COCC(C)CNc1cc(=O)[nH]cn1. The molecule has 0 aliphatic carbocycles. The molecule has 5 heteroatoms. The van der Waals surface area contributed by atoms with Gasteiger partial charge in [0.15, 0.2) is 0 Å². The first-order valence-corrected chi connectivity index (χ1v) is 4.50. The molecular formula is C9H15N3O2. The van der Waals surface area contributed by atoms with Gasteiger partial charge in [0.2, 0.25) is 0 Å². The monoisotopic (exact) mass is 197 g/mol. The van der Waals surface area contributed by atoms with Crippen molar-refractivity contribution in [2.75, 3.05) is 25.6 Å². The zero-order valence-corrected chi connectivity index (χ0v) is 8.41. The Hall–Kier alpha value is -1.36. The quantitative estimate of drug-likeness (QED) is 0.719. The average Bonchev–Trinajstić information content (AvgIpc) is 2.15. The summed E-state index contributed by atoms with van der Waals surface area (Å²) in [6, 6.07) is 1.43. The molecule has 2 N–H and O–H groups in total. The highest BCUT2D eigenvalue weighted by Crippen LogP contribution is 1.99. The molecule has 1 aromatic rings. The van der Waals surface area contributed by atoms with Crippen molar-refractivity contribution in [2.45, 2.75) is 6.92 Å².